The van der Waals surface area contributed by atoms with Gasteiger partial charge < -0.3 is 19.9 Å². The zero-order valence-electron chi connectivity index (χ0n) is 20.5. The number of nitrogens with zero attached hydrogens (tertiary/aromatic N) is 3. The van der Waals surface area contributed by atoms with Crippen molar-refractivity contribution in [3.8, 4) is 5.75 Å². The van der Waals surface area contributed by atoms with Crippen LogP contribution < -0.4 is 15.4 Å². The predicted molar refractivity (Wildman–Crippen MR) is 144 cm³/mol. The number of thioether (sulfide) groups is 1. The smallest absolute Gasteiger partial charge is 0.253 e. The van der Waals surface area contributed by atoms with Crippen LogP contribution in [0.25, 0.3) is 0 Å². The van der Waals surface area contributed by atoms with Crippen molar-refractivity contribution in [3.05, 3.63) is 77.6 Å². The molecule has 0 aliphatic carbocycles. The van der Waals surface area contributed by atoms with Gasteiger partial charge in [-0.3, -0.25) is 9.59 Å². The lowest BCUT2D eigenvalue weighted by Gasteiger charge is -2.23. The summed E-state index contributed by atoms with van der Waals surface area (Å²) in [6, 6.07) is 13.7. The van der Waals surface area contributed by atoms with E-state index in [-0.39, 0.29) is 23.5 Å². The quantitative estimate of drug-likeness (QED) is 0.242. The third-order valence-corrected chi connectivity index (χ3v) is 6.48. The average Bonchev–Trinajstić information content (AvgIpc) is 3.25. The molecule has 3 aromatic rings. The van der Waals surface area contributed by atoms with Crippen LogP contribution in [-0.2, 0) is 11.3 Å². The lowest BCUT2D eigenvalue weighted by Crippen LogP contribution is -2.34. The largest absolute Gasteiger partial charge is 0.494 e. The van der Waals surface area contributed by atoms with Crippen molar-refractivity contribution in [2.45, 2.75) is 38.5 Å². The molecule has 0 fully saturated rings. The first kappa shape index (κ1) is 27.3. The number of anilines is 1. The fourth-order valence-corrected chi connectivity index (χ4v) is 4.44. The number of ether oxygens (including phenoxy) is 1. The van der Waals surface area contributed by atoms with Crippen molar-refractivity contribution in [1.29, 1.82) is 0 Å². The molecule has 0 saturated carbocycles. The zero-order chi connectivity index (χ0) is 26.1. The van der Waals surface area contributed by atoms with Crippen molar-refractivity contribution < 1.29 is 14.3 Å². The van der Waals surface area contributed by atoms with Gasteiger partial charge in [0.05, 0.1) is 29.0 Å². The highest BCUT2D eigenvalue weighted by Crippen LogP contribution is 2.27. The maximum Gasteiger partial charge on any atom is 0.253 e. The van der Waals surface area contributed by atoms with Crippen LogP contribution in [-0.4, -0.2) is 38.9 Å². The molecule has 1 aromatic heterocycles. The number of benzene rings is 2. The number of halogens is 1. The molecule has 10 heteroatoms. The van der Waals surface area contributed by atoms with E-state index >= 15 is 0 Å². The van der Waals surface area contributed by atoms with Crippen LogP contribution in [0.5, 0.6) is 5.75 Å². The Hall–Kier alpha value is -3.30. The Morgan fingerprint density at radius 1 is 1.17 bits per heavy atom. The monoisotopic (exact) mass is 527 g/mol. The second kappa shape index (κ2) is 13.1. The number of amides is 2. The molecule has 0 aliphatic rings. The van der Waals surface area contributed by atoms with E-state index in [1.165, 1.54) is 11.8 Å². The molecule has 0 bridgehead atoms. The Morgan fingerprint density at radius 2 is 1.89 bits per heavy atom. The van der Waals surface area contributed by atoms with Crippen molar-refractivity contribution in [2.24, 2.45) is 5.92 Å². The molecule has 3 rings (SSSR count). The highest BCUT2D eigenvalue weighted by Gasteiger charge is 2.27. The first-order valence-electron chi connectivity index (χ1n) is 11.6. The number of carbonyl (C=O) groups excluding carboxylic acids is 2. The third-order valence-electron chi connectivity index (χ3n) is 5.19. The van der Waals surface area contributed by atoms with Gasteiger partial charge in [0.1, 0.15) is 5.75 Å². The van der Waals surface area contributed by atoms with Crippen LogP contribution >= 0.6 is 23.4 Å². The summed E-state index contributed by atoms with van der Waals surface area (Å²) in [4.78, 5) is 25.5. The fraction of sp³-hybridized carbons (Fsp3) is 0.308. The van der Waals surface area contributed by atoms with Gasteiger partial charge in [0.15, 0.2) is 11.0 Å². The minimum absolute atomic E-state index is 0.0185. The molecule has 190 valence electrons. The summed E-state index contributed by atoms with van der Waals surface area (Å²) >= 11 is 7.47. The first-order valence-corrected chi connectivity index (χ1v) is 12.9. The van der Waals surface area contributed by atoms with E-state index in [4.69, 9.17) is 16.3 Å². The molecular weight excluding hydrogens is 498 g/mol. The van der Waals surface area contributed by atoms with E-state index in [2.05, 4.69) is 27.4 Å². The minimum Gasteiger partial charge on any atom is -0.494 e. The number of hydrogen-bond donors (Lipinski definition) is 2. The summed E-state index contributed by atoms with van der Waals surface area (Å²) in [6.45, 7) is 10.7. The Kier molecular flexibility index (Phi) is 9.95. The highest BCUT2D eigenvalue weighted by molar-refractivity contribution is 7.99. The van der Waals surface area contributed by atoms with E-state index in [1.807, 2.05) is 37.5 Å². The molecule has 2 N–H and O–H groups in total. The van der Waals surface area contributed by atoms with E-state index in [0.29, 0.717) is 40.4 Å². The molecule has 2 aromatic carbocycles. The molecule has 0 unspecified atom stereocenters. The molecule has 2 amide bonds. The van der Waals surface area contributed by atoms with Crippen molar-refractivity contribution in [3.63, 3.8) is 0 Å². The number of rotatable bonds is 12. The fourth-order valence-electron chi connectivity index (χ4n) is 3.46. The van der Waals surface area contributed by atoms with Crippen LogP contribution in [0.1, 0.15) is 43.0 Å². The number of aromatic nitrogens is 3. The predicted octanol–water partition coefficient (Wildman–Crippen LogP) is 5.37. The molecule has 0 aliphatic heterocycles. The van der Waals surface area contributed by atoms with Crippen molar-refractivity contribution >= 4 is 40.9 Å². The van der Waals surface area contributed by atoms with Crippen LogP contribution in [0.2, 0.25) is 5.02 Å². The summed E-state index contributed by atoms with van der Waals surface area (Å²) in [5, 5.41) is 15.5. The molecule has 36 heavy (non-hydrogen) atoms. The zero-order valence-corrected chi connectivity index (χ0v) is 22.1. The van der Waals surface area contributed by atoms with E-state index in [9.17, 15) is 9.59 Å². The maximum atomic E-state index is 12.9. The van der Waals surface area contributed by atoms with Crippen LogP contribution in [0.3, 0.4) is 0 Å². The van der Waals surface area contributed by atoms with E-state index < -0.39 is 6.04 Å². The van der Waals surface area contributed by atoms with Gasteiger partial charge in [-0.1, -0.05) is 55.4 Å². The number of carbonyl (C=O) groups is 2. The molecule has 1 atom stereocenters. The van der Waals surface area contributed by atoms with Crippen molar-refractivity contribution in [2.75, 3.05) is 17.7 Å². The highest BCUT2D eigenvalue weighted by atomic mass is 35.5. The normalized spacial score (nSPS) is 11.7. The summed E-state index contributed by atoms with van der Waals surface area (Å²) in [5.74, 6) is 1.02. The number of allylic oxidation sites excluding steroid dienone is 1. The summed E-state index contributed by atoms with van der Waals surface area (Å²) in [5.41, 5.74) is 1.07. The minimum atomic E-state index is -0.423. The van der Waals surface area contributed by atoms with Crippen LogP contribution in [0.4, 0.5) is 5.69 Å². The lowest BCUT2D eigenvalue weighted by molar-refractivity contribution is -0.113. The summed E-state index contributed by atoms with van der Waals surface area (Å²) < 4.78 is 7.29. The maximum absolute atomic E-state index is 12.9. The SMILES string of the molecule is C=CCn1c(SCC(=O)Nc2ccc(OCC)cc2)nnc1[C@H](NC(=O)c1ccccc1Cl)C(C)C. The molecule has 8 nitrogen and oxygen atoms in total. The van der Waals surface area contributed by atoms with Gasteiger partial charge in [-0.2, -0.15) is 0 Å². The summed E-state index contributed by atoms with van der Waals surface area (Å²) in [7, 11) is 0. The van der Waals surface area contributed by atoms with Gasteiger partial charge in [0.25, 0.3) is 5.91 Å². The molecule has 0 spiro atoms. The average molecular weight is 528 g/mol. The second-order valence-corrected chi connectivity index (χ2v) is 9.56. The van der Waals surface area contributed by atoms with Gasteiger partial charge in [-0.15, -0.1) is 16.8 Å². The molecule has 1 heterocycles. The van der Waals surface area contributed by atoms with Gasteiger partial charge in [-0.05, 0) is 49.2 Å². The summed E-state index contributed by atoms with van der Waals surface area (Å²) in [6.07, 6.45) is 1.73. The van der Waals surface area contributed by atoms with Crippen molar-refractivity contribution in [1.82, 2.24) is 20.1 Å². The third kappa shape index (κ3) is 7.11. The first-order chi connectivity index (χ1) is 17.3. The lowest BCUT2D eigenvalue weighted by atomic mass is 10.0. The van der Waals surface area contributed by atoms with Crippen LogP contribution in [0, 0.1) is 5.92 Å². The number of nitrogens with one attached hydrogen (secondary N) is 2. The Labute approximate surface area is 220 Å². The van der Waals surface area contributed by atoms with E-state index in [0.717, 1.165) is 5.75 Å². The molecule has 0 saturated heterocycles. The molecule has 0 radical (unpaired) electrons. The Bertz CT molecular complexity index is 1200. The van der Waals surface area contributed by atoms with Gasteiger partial charge in [0.2, 0.25) is 5.91 Å². The van der Waals surface area contributed by atoms with E-state index in [1.54, 1.807) is 42.5 Å². The number of hydrogen-bond acceptors (Lipinski definition) is 6. The van der Waals surface area contributed by atoms with Gasteiger partial charge in [-0.25, -0.2) is 0 Å². The Morgan fingerprint density at radius 3 is 2.53 bits per heavy atom. The van der Waals surface area contributed by atoms with Crippen LogP contribution in [0.15, 0.2) is 66.3 Å². The van der Waals surface area contributed by atoms with Gasteiger partial charge >= 0.3 is 0 Å². The second-order valence-electron chi connectivity index (χ2n) is 8.21. The van der Waals surface area contributed by atoms with Gasteiger partial charge in [0, 0.05) is 12.2 Å². The standard InChI is InChI=1S/C26H30ClN5O3S/c1-5-15-32-24(23(17(3)4)29-25(34)20-9-7-8-10-21(20)27)30-31-26(32)36-16-22(33)28-18-11-13-19(14-12-18)35-6-2/h5,7-14,17,23H,1,6,15-16H2,2-4H3,(H,28,33)(H,29,34)/t23-/m1/s1. The topological polar surface area (TPSA) is 98.1 Å². The Balaban J connectivity index is 1.71. The molecular formula is C26H30ClN5O3S.